The van der Waals surface area contributed by atoms with Crippen molar-refractivity contribution in [3.8, 4) is 17.0 Å². The van der Waals surface area contributed by atoms with Crippen molar-refractivity contribution in [1.82, 2.24) is 4.57 Å². The topological polar surface area (TPSA) is 86.3 Å². The summed E-state index contributed by atoms with van der Waals surface area (Å²) in [5, 5.41) is 1.02. The minimum absolute atomic E-state index is 0.111. The molecular weight excluding hydrogens is 410 g/mol. The third-order valence-electron chi connectivity index (χ3n) is 5.96. The van der Waals surface area contributed by atoms with Gasteiger partial charge in [0.15, 0.2) is 0 Å². The number of sulfonamides is 1. The van der Waals surface area contributed by atoms with Crippen molar-refractivity contribution < 1.29 is 13.2 Å². The molecule has 1 heterocycles. The van der Waals surface area contributed by atoms with E-state index in [1.54, 1.807) is 12.1 Å². The summed E-state index contributed by atoms with van der Waals surface area (Å²) in [4.78, 5) is 0. The summed E-state index contributed by atoms with van der Waals surface area (Å²) >= 11 is 0. The number of anilines is 2. The summed E-state index contributed by atoms with van der Waals surface area (Å²) in [6, 6.07) is 13.6. The van der Waals surface area contributed by atoms with E-state index in [1.165, 1.54) is 19.3 Å². The highest BCUT2D eigenvalue weighted by atomic mass is 32.2. The lowest BCUT2D eigenvalue weighted by Gasteiger charge is -2.27. The molecule has 7 heteroatoms. The Bertz CT molecular complexity index is 1160. The van der Waals surface area contributed by atoms with Crippen LogP contribution in [0.5, 0.6) is 5.75 Å². The molecule has 0 saturated heterocycles. The highest BCUT2D eigenvalue weighted by Gasteiger charge is 2.23. The first-order chi connectivity index (χ1) is 14.9. The monoisotopic (exact) mass is 441 g/mol. The van der Waals surface area contributed by atoms with Crippen LogP contribution >= 0.6 is 0 Å². The molecule has 3 N–H and O–H groups in total. The van der Waals surface area contributed by atoms with Gasteiger partial charge in [-0.25, -0.2) is 8.42 Å². The number of benzene rings is 2. The van der Waals surface area contributed by atoms with E-state index < -0.39 is 10.0 Å². The molecule has 2 aromatic carbocycles. The molecule has 0 spiro atoms. The van der Waals surface area contributed by atoms with Gasteiger partial charge in [0.25, 0.3) is 0 Å². The van der Waals surface area contributed by atoms with Gasteiger partial charge in [-0.3, -0.25) is 4.72 Å². The van der Waals surface area contributed by atoms with E-state index in [1.807, 2.05) is 38.1 Å². The fourth-order valence-corrected chi connectivity index (χ4v) is 5.38. The third-order valence-corrected chi connectivity index (χ3v) is 7.45. The maximum Gasteiger partial charge on any atom is 0.232 e. The molecule has 0 atom stereocenters. The molecule has 1 aliphatic rings. The lowest BCUT2D eigenvalue weighted by molar-refractivity contribution is 0.280. The van der Waals surface area contributed by atoms with Crippen molar-refractivity contribution in [2.45, 2.75) is 46.1 Å². The summed E-state index contributed by atoms with van der Waals surface area (Å²) in [7, 11) is -3.31. The van der Waals surface area contributed by atoms with Crippen LogP contribution in [0.3, 0.4) is 0 Å². The second-order valence-electron chi connectivity index (χ2n) is 8.28. The maximum atomic E-state index is 12.1. The Morgan fingerprint density at radius 1 is 1.13 bits per heavy atom. The van der Waals surface area contributed by atoms with Gasteiger partial charge in [0.2, 0.25) is 10.0 Å². The first kappa shape index (κ1) is 21.6. The van der Waals surface area contributed by atoms with E-state index in [-0.39, 0.29) is 5.75 Å². The van der Waals surface area contributed by atoms with Gasteiger partial charge in [0.05, 0.1) is 29.3 Å². The normalized spacial score (nSPS) is 14.5. The van der Waals surface area contributed by atoms with E-state index in [4.69, 9.17) is 10.5 Å². The summed E-state index contributed by atoms with van der Waals surface area (Å²) in [5.41, 5.74) is 11.0. The standard InChI is InChI=1S/C24H31N3O3S/c1-3-14-31(28,29)26-19-10-8-18(9-11-19)24-23(25)21-13-12-20(30-4-2)15-22(21)27(24)16-17-6-5-7-17/h8-13,15,17,26H,3-7,14,16,25H2,1-2H3. The predicted molar refractivity (Wildman–Crippen MR) is 128 cm³/mol. The zero-order valence-electron chi connectivity index (χ0n) is 18.2. The number of fused-ring (bicyclic) bond motifs is 1. The Hall–Kier alpha value is -2.67. The number of ether oxygens (including phenoxy) is 1. The minimum atomic E-state index is -3.31. The van der Waals surface area contributed by atoms with Crippen LogP contribution in [0.2, 0.25) is 0 Å². The van der Waals surface area contributed by atoms with Crippen LogP contribution in [-0.2, 0) is 16.6 Å². The van der Waals surface area contributed by atoms with Crippen molar-refractivity contribution in [3.63, 3.8) is 0 Å². The van der Waals surface area contributed by atoms with Gasteiger partial charge >= 0.3 is 0 Å². The van der Waals surface area contributed by atoms with E-state index in [9.17, 15) is 8.42 Å². The highest BCUT2D eigenvalue weighted by molar-refractivity contribution is 7.92. The molecule has 0 radical (unpaired) electrons. The molecule has 31 heavy (non-hydrogen) atoms. The molecule has 0 amide bonds. The van der Waals surface area contributed by atoms with Crippen molar-refractivity contribution in [3.05, 3.63) is 42.5 Å². The lowest BCUT2D eigenvalue weighted by Crippen LogP contribution is -2.18. The number of nitrogens with two attached hydrogens (primary N) is 1. The van der Waals surface area contributed by atoms with Crippen LogP contribution in [0.1, 0.15) is 39.5 Å². The fourth-order valence-electron chi connectivity index (χ4n) is 4.24. The second-order valence-corrected chi connectivity index (χ2v) is 10.1. The predicted octanol–water partition coefficient (Wildman–Crippen LogP) is 5.24. The van der Waals surface area contributed by atoms with Crippen LogP contribution in [-0.4, -0.2) is 25.3 Å². The maximum absolute atomic E-state index is 12.1. The van der Waals surface area contributed by atoms with Gasteiger partial charge in [-0.2, -0.15) is 0 Å². The summed E-state index contributed by atoms with van der Waals surface area (Å²) in [5.74, 6) is 1.61. The Labute approximate surface area is 184 Å². The second kappa shape index (κ2) is 8.83. The third kappa shape index (κ3) is 4.51. The average Bonchev–Trinajstić information content (AvgIpc) is 2.96. The summed E-state index contributed by atoms with van der Waals surface area (Å²) < 4.78 is 34.8. The van der Waals surface area contributed by atoms with E-state index in [0.29, 0.717) is 24.6 Å². The molecule has 0 bridgehead atoms. The van der Waals surface area contributed by atoms with Gasteiger partial charge in [-0.1, -0.05) is 25.5 Å². The van der Waals surface area contributed by atoms with Crippen LogP contribution in [0.25, 0.3) is 22.2 Å². The first-order valence-electron chi connectivity index (χ1n) is 11.1. The number of nitrogen functional groups attached to an aromatic ring is 1. The molecular formula is C24H31N3O3S. The smallest absolute Gasteiger partial charge is 0.232 e. The Balaban J connectivity index is 1.75. The van der Waals surface area contributed by atoms with Crippen LogP contribution in [0, 0.1) is 5.92 Å². The zero-order chi connectivity index (χ0) is 22.0. The van der Waals surface area contributed by atoms with Crippen molar-refractivity contribution in [2.75, 3.05) is 22.8 Å². The number of hydrogen-bond acceptors (Lipinski definition) is 4. The number of nitrogens with one attached hydrogen (secondary N) is 1. The van der Waals surface area contributed by atoms with Gasteiger partial charge in [0.1, 0.15) is 5.75 Å². The fraction of sp³-hybridized carbons (Fsp3) is 0.417. The number of hydrogen-bond donors (Lipinski definition) is 2. The minimum Gasteiger partial charge on any atom is -0.494 e. The van der Waals surface area contributed by atoms with E-state index in [2.05, 4.69) is 15.4 Å². The summed E-state index contributed by atoms with van der Waals surface area (Å²) in [6.07, 6.45) is 4.34. The van der Waals surface area contributed by atoms with Gasteiger partial charge in [-0.15, -0.1) is 0 Å². The van der Waals surface area contributed by atoms with Gasteiger partial charge < -0.3 is 15.0 Å². The Morgan fingerprint density at radius 2 is 1.87 bits per heavy atom. The Morgan fingerprint density at radius 3 is 2.48 bits per heavy atom. The molecule has 1 aliphatic carbocycles. The molecule has 6 nitrogen and oxygen atoms in total. The van der Waals surface area contributed by atoms with Crippen LogP contribution in [0.15, 0.2) is 42.5 Å². The number of aromatic nitrogens is 1. The summed E-state index contributed by atoms with van der Waals surface area (Å²) in [6.45, 7) is 5.37. The quantitative estimate of drug-likeness (QED) is 0.475. The molecule has 1 aromatic heterocycles. The largest absolute Gasteiger partial charge is 0.494 e. The SMILES string of the molecule is CCCS(=O)(=O)Nc1ccc(-c2c(N)c3ccc(OCC)cc3n2CC2CCC2)cc1. The van der Waals surface area contributed by atoms with Crippen molar-refractivity contribution >= 4 is 32.3 Å². The molecule has 1 fully saturated rings. The molecule has 3 aromatic rings. The van der Waals surface area contributed by atoms with Crippen molar-refractivity contribution in [2.24, 2.45) is 5.92 Å². The van der Waals surface area contributed by atoms with Crippen molar-refractivity contribution in [1.29, 1.82) is 0 Å². The Kier molecular flexibility index (Phi) is 6.14. The molecule has 4 rings (SSSR count). The van der Waals surface area contributed by atoms with Gasteiger partial charge in [-0.05, 0) is 56.4 Å². The lowest BCUT2D eigenvalue weighted by atomic mass is 9.85. The van der Waals surface area contributed by atoms with E-state index in [0.717, 1.165) is 40.1 Å². The number of rotatable bonds is 9. The molecule has 1 saturated carbocycles. The van der Waals surface area contributed by atoms with Gasteiger partial charge in [0, 0.05) is 29.2 Å². The zero-order valence-corrected chi connectivity index (χ0v) is 19.0. The molecule has 166 valence electrons. The van der Waals surface area contributed by atoms with E-state index >= 15 is 0 Å². The van der Waals surface area contributed by atoms with Crippen LogP contribution in [0.4, 0.5) is 11.4 Å². The molecule has 0 aliphatic heterocycles. The first-order valence-corrected chi connectivity index (χ1v) is 12.7. The number of nitrogens with zero attached hydrogens (tertiary/aromatic N) is 1. The average molecular weight is 442 g/mol. The molecule has 0 unspecified atom stereocenters. The van der Waals surface area contributed by atoms with Crippen LogP contribution < -0.4 is 15.2 Å². The highest BCUT2D eigenvalue weighted by Crippen LogP contribution is 2.40.